The Kier molecular flexibility index (Phi) is 5.55. The molecular formula is C20H23FN6O2. The molecule has 1 N–H and O–H groups in total. The van der Waals surface area contributed by atoms with Gasteiger partial charge in [0, 0.05) is 31.4 Å². The second kappa shape index (κ2) is 8.42. The fourth-order valence-electron chi connectivity index (χ4n) is 3.38. The van der Waals surface area contributed by atoms with Gasteiger partial charge in [0.2, 0.25) is 5.65 Å². The molecule has 1 amide bonds. The van der Waals surface area contributed by atoms with E-state index >= 15 is 0 Å². The Morgan fingerprint density at radius 1 is 1.34 bits per heavy atom. The molecule has 1 aromatic carbocycles. The summed E-state index contributed by atoms with van der Waals surface area (Å²) in [5.41, 5.74) is 2.65. The third-order valence-corrected chi connectivity index (χ3v) is 5.16. The average molecular weight is 398 g/mol. The number of piperidine rings is 1. The normalized spacial score (nSPS) is 19.3. The third-order valence-electron chi connectivity index (χ3n) is 5.16. The summed E-state index contributed by atoms with van der Waals surface area (Å²) >= 11 is 0. The minimum Gasteiger partial charge on any atom is -0.445 e. The van der Waals surface area contributed by atoms with Crippen LogP contribution in [-0.4, -0.2) is 56.4 Å². The molecule has 152 valence electrons. The zero-order valence-corrected chi connectivity index (χ0v) is 16.2. The average Bonchev–Trinajstić information content (AvgIpc) is 3.22. The Bertz CT molecular complexity index is 977. The van der Waals surface area contributed by atoms with Crippen molar-refractivity contribution in [2.45, 2.75) is 26.1 Å². The lowest BCUT2D eigenvalue weighted by Crippen LogP contribution is -2.46. The van der Waals surface area contributed by atoms with Crippen LogP contribution in [0.3, 0.4) is 0 Å². The molecule has 3 heterocycles. The van der Waals surface area contributed by atoms with E-state index in [1.165, 1.54) is 4.90 Å². The predicted octanol–water partition coefficient (Wildman–Crippen LogP) is 2.84. The van der Waals surface area contributed by atoms with Crippen LogP contribution in [0.1, 0.15) is 17.5 Å². The fourth-order valence-corrected chi connectivity index (χ4v) is 3.38. The summed E-state index contributed by atoms with van der Waals surface area (Å²) in [6.07, 6.45) is 3.90. The zero-order valence-electron chi connectivity index (χ0n) is 16.2. The molecule has 4 rings (SSSR count). The standard InChI is InChI=1S/C20H23FN6O2/c1-14-2-4-15(5-3-14)12-29-20(28)26-8-6-16(17(21)11-26)10-23-18-19-25-24-13-27(19)9-7-22-18/h2-5,7,9,13,16-17H,6,8,10-12H2,1H3,(H,22,23)/t16-,17-/m0/s1. The lowest BCUT2D eigenvalue weighted by Gasteiger charge is -2.34. The molecule has 0 bridgehead atoms. The Hall–Kier alpha value is -3.23. The Labute approximate surface area is 167 Å². The third kappa shape index (κ3) is 4.44. The van der Waals surface area contributed by atoms with Crippen molar-refractivity contribution in [3.05, 3.63) is 54.1 Å². The molecule has 0 unspecified atom stereocenters. The van der Waals surface area contributed by atoms with Crippen molar-refractivity contribution < 1.29 is 13.9 Å². The first-order chi connectivity index (χ1) is 14.1. The van der Waals surface area contributed by atoms with E-state index in [2.05, 4.69) is 20.5 Å². The van der Waals surface area contributed by atoms with Crippen molar-refractivity contribution in [2.75, 3.05) is 25.0 Å². The summed E-state index contributed by atoms with van der Waals surface area (Å²) < 4.78 is 21.8. The number of hydrogen-bond acceptors (Lipinski definition) is 6. The number of fused-ring (bicyclic) bond motifs is 1. The summed E-state index contributed by atoms with van der Waals surface area (Å²) in [5.74, 6) is 0.346. The number of nitrogens with zero attached hydrogens (tertiary/aromatic N) is 5. The van der Waals surface area contributed by atoms with Gasteiger partial charge >= 0.3 is 6.09 Å². The number of alkyl halides is 1. The number of ether oxygens (including phenoxy) is 1. The van der Waals surface area contributed by atoms with Crippen LogP contribution in [0.4, 0.5) is 15.0 Å². The van der Waals surface area contributed by atoms with Crippen molar-refractivity contribution in [2.24, 2.45) is 5.92 Å². The van der Waals surface area contributed by atoms with E-state index in [1.807, 2.05) is 31.2 Å². The van der Waals surface area contributed by atoms with Crippen molar-refractivity contribution >= 4 is 17.6 Å². The number of amides is 1. The van der Waals surface area contributed by atoms with Gasteiger partial charge in [-0.2, -0.15) is 0 Å². The van der Waals surface area contributed by atoms with Crippen LogP contribution in [-0.2, 0) is 11.3 Å². The predicted molar refractivity (Wildman–Crippen MR) is 105 cm³/mol. The first-order valence-electron chi connectivity index (χ1n) is 9.59. The van der Waals surface area contributed by atoms with E-state index in [4.69, 9.17) is 4.74 Å². The lowest BCUT2D eigenvalue weighted by molar-refractivity contribution is 0.0544. The van der Waals surface area contributed by atoms with Gasteiger partial charge in [-0.25, -0.2) is 14.2 Å². The molecule has 3 aromatic rings. The van der Waals surface area contributed by atoms with Gasteiger partial charge < -0.3 is 15.0 Å². The molecule has 0 saturated carbocycles. The summed E-state index contributed by atoms with van der Waals surface area (Å²) in [4.78, 5) is 18.0. The van der Waals surface area contributed by atoms with Crippen LogP contribution in [0.25, 0.3) is 5.65 Å². The number of aromatic nitrogens is 4. The van der Waals surface area contributed by atoms with Crippen LogP contribution < -0.4 is 5.32 Å². The highest BCUT2D eigenvalue weighted by molar-refractivity contribution is 5.68. The molecule has 2 atom stereocenters. The Balaban J connectivity index is 1.27. The van der Waals surface area contributed by atoms with Gasteiger partial charge in [-0.1, -0.05) is 29.8 Å². The fraction of sp³-hybridized carbons (Fsp3) is 0.400. The minimum absolute atomic E-state index is 0.0294. The van der Waals surface area contributed by atoms with Gasteiger partial charge in [-0.15, -0.1) is 10.2 Å². The number of rotatable bonds is 5. The van der Waals surface area contributed by atoms with E-state index in [-0.39, 0.29) is 19.1 Å². The number of carbonyl (C=O) groups is 1. The highest BCUT2D eigenvalue weighted by Crippen LogP contribution is 2.22. The van der Waals surface area contributed by atoms with Gasteiger partial charge in [-0.05, 0) is 18.9 Å². The summed E-state index contributed by atoms with van der Waals surface area (Å²) in [6.45, 7) is 3.08. The maximum atomic E-state index is 14.7. The zero-order chi connectivity index (χ0) is 20.2. The van der Waals surface area contributed by atoms with E-state index in [0.29, 0.717) is 31.0 Å². The van der Waals surface area contributed by atoms with Crippen LogP contribution >= 0.6 is 0 Å². The number of anilines is 1. The number of likely N-dealkylation sites (tertiary alicyclic amines) is 1. The van der Waals surface area contributed by atoms with Crippen molar-refractivity contribution in [1.29, 1.82) is 0 Å². The molecule has 9 heteroatoms. The molecule has 1 fully saturated rings. The van der Waals surface area contributed by atoms with Gasteiger partial charge in [0.05, 0.1) is 6.54 Å². The number of aryl methyl sites for hydroxylation is 1. The molecule has 29 heavy (non-hydrogen) atoms. The first kappa shape index (κ1) is 19.1. The van der Waals surface area contributed by atoms with Gasteiger partial charge in [-0.3, -0.25) is 4.40 Å². The maximum Gasteiger partial charge on any atom is 0.410 e. The molecule has 8 nitrogen and oxygen atoms in total. The van der Waals surface area contributed by atoms with Gasteiger partial charge in [0.15, 0.2) is 5.82 Å². The topological polar surface area (TPSA) is 84.7 Å². The Morgan fingerprint density at radius 2 is 2.17 bits per heavy atom. The second-order valence-electron chi connectivity index (χ2n) is 7.27. The second-order valence-corrected chi connectivity index (χ2v) is 7.27. The molecule has 1 aliphatic rings. The molecule has 1 aliphatic heterocycles. The molecular weight excluding hydrogens is 375 g/mol. The van der Waals surface area contributed by atoms with E-state index in [9.17, 15) is 9.18 Å². The SMILES string of the molecule is Cc1ccc(COC(=O)N2CC[C@@H](CNc3nccn4cnnc34)[C@@H](F)C2)cc1. The summed E-state index contributed by atoms with van der Waals surface area (Å²) in [7, 11) is 0. The number of nitrogens with one attached hydrogen (secondary N) is 1. The van der Waals surface area contributed by atoms with E-state index in [1.54, 1.807) is 23.1 Å². The van der Waals surface area contributed by atoms with Gasteiger partial charge in [0.25, 0.3) is 0 Å². The number of halogens is 1. The molecule has 0 radical (unpaired) electrons. The number of carbonyl (C=O) groups excluding carboxylic acids is 1. The molecule has 1 saturated heterocycles. The van der Waals surface area contributed by atoms with Crippen LogP contribution in [0.2, 0.25) is 0 Å². The van der Waals surface area contributed by atoms with Crippen LogP contribution in [0, 0.1) is 12.8 Å². The number of benzene rings is 1. The lowest BCUT2D eigenvalue weighted by atomic mass is 9.95. The molecule has 0 spiro atoms. The first-order valence-corrected chi connectivity index (χ1v) is 9.59. The summed E-state index contributed by atoms with van der Waals surface area (Å²) in [6, 6.07) is 7.77. The van der Waals surface area contributed by atoms with Gasteiger partial charge in [0.1, 0.15) is 19.1 Å². The van der Waals surface area contributed by atoms with Crippen LogP contribution in [0.5, 0.6) is 0 Å². The number of hydrogen-bond donors (Lipinski definition) is 1. The smallest absolute Gasteiger partial charge is 0.410 e. The largest absolute Gasteiger partial charge is 0.445 e. The van der Waals surface area contributed by atoms with Crippen molar-refractivity contribution in [3.63, 3.8) is 0 Å². The quantitative estimate of drug-likeness (QED) is 0.711. The molecule has 0 aliphatic carbocycles. The van der Waals surface area contributed by atoms with E-state index < -0.39 is 12.3 Å². The van der Waals surface area contributed by atoms with Crippen molar-refractivity contribution in [1.82, 2.24) is 24.5 Å². The highest BCUT2D eigenvalue weighted by Gasteiger charge is 2.32. The highest BCUT2D eigenvalue weighted by atomic mass is 19.1. The van der Waals surface area contributed by atoms with E-state index in [0.717, 1.165) is 11.1 Å². The van der Waals surface area contributed by atoms with Crippen LogP contribution in [0.15, 0.2) is 43.0 Å². The maximum absolute atomic E-state index is 14.7. The van der Waals surface area contributed by atoms with Crippen molar-refractivity contribution in [3.8, 4) is 0 Å². The summed E-state index contributed by atoms with van der Waals surface area (Å²) in [5, 5.41) is 11.0. The Morgan fingerprint density at radius 3 is 2.97 bits per heavy atom. The molecule has 2 aromatic heterocycles. The monoisotopic (exact) mass is 398 g/mol. The minimum atomic E-state index is -1.14.